The number of nitrogens with zero attached hydrogens (tertiary/aromatic N) is 5. The molecule has 0 aliphatic heterocycles. The third-order valence-corrected chi connectivity index (χ3v) is 6.30. The van der Waals surface area contributed by atoms with Crippen LogP contribution in [0.25, 0.3) is 39.2 Å². The summed E-state index contributed by atoms with van der Waals surface area (Å²) >= 11 is 0.540. The number of alkyl halides is 3. The average Bonchev–Trinajstić information content (AvgIpc) is 3.51. The van der Waals surface area contributed by atoms with Crippen molar-refractivity contribution in [2.75, 3.05) is 0 Å². The molecule has 178 valence electrons. The lowest BCUT2D eigenvalue weighted by Crippen LogP contribution is -2.07. The van der Waals surface area contributed by atoms with Crippen LogP contribution in [0.2, 0.25) is 0 Å². The van der Waals surface area contributed by atoms with Crippen LogP contribution in [0.1, 0.15) is 29.4 Å². The van der Waals surface area contributed by atoms with Crippen LogP contribution in [0.5, 0.6) is 0 Å². The molecule has 35 heavy (non-hydrogen) atoms. The minimum absolute atomic E-state index is 0.189. The van der Waals surface area contributed by atoms with Crippen LogP contribution < -0.4 is 5.73 Å². The van der Waals surface area contributed by atoms with E-state index in [0.29, 0.717) is 56.3 Å². The summed E-state index contributed by atoms with van der Waals surface area (Å²) in [7, 11) is 0. The van der Waals surface area contributed by atoms with E-state index in [1.165, 1.54) is 5.38 Å². The van der Waals surface area contributed by atoms with Crippen molar-refractivity contribution >= 4 is 22.2 Å². The van der Waals surface area contributed by atoms with Crippen molar-refractivity contribution in [1.82, 2.24) is 24.7 Å². The van der Waals surface area contributed by atoms with Gasteiger partial charge in [0.15, 0.2) is 10.8 Å². The second-order valence-corrected chi connectivity index (χ2v) is 8.79. The first-order chi connectivity index (χ1) is 16.7. The molecule has 0 fully saturated rings. The lowest BCUT2D eigenvalue weighted by molar-refractivity contribution is -0.137. The van der Waals surface area contributed by atoms with Gasteiger partial charge in [-0.25, -0.2) is 14.6 Å². The Balaban J connectivity index is 1.76. The van der Waals surface area contributed by atoms with E-state index in [1.54, 1.807) is 35.1 Å². The molecule has 0 saturated heterocycles. The third-order valence-electron chi connectivity index (χ3n) is 5.42. The predicted molar refractivity (Wildman–Crippen MR) is 127 cm³/mol. The van der Waals surface area contributed by atoms with Gasteiger partial charge in [-0.2, -0.15) is 18.3 Å². The summed E-state index contributed by atoms with van der Waals surface area (Å²) in [6.45, 7) is 1.58. The van der Waals surface area contributed by atoms with E-state index in [4.69, 9.17) is 5.73 Å². The number of halogens is 3. The topological polar surface area (TPSA) is 103 Å². The zero-order valence-electron chi connectivity index (χ0n) is 18.4. The molecule has 5 rings (SSSR count). The Morgan fingerprint density at radius 3 is 2.57 bits per heavy atom. The number of rotatable bonds is 5. The largest absolute Gasteiger partial charge is 0.443 e. The smallest absolute Gasteiger partial charge is 0.390 e. The first kappa shape index (κ1) is 23.1. The Morgan fingerprint density at radius 2 is 1.86 bits per heavy atom. The van der Waals surface area contributed by atoms with E-state index >= 15 is 0 Å². The molecule has 3 N–H and O–H groups in total. The molecule has 0 amide bonds. The second kappa shape index (κ2) is 8.84. The van der Waals surface area contributed by atoms with Gasteiger partial charge in [-0.05, 0) is 43.3 Å². The van der Waals surface area contributed by atoms with Crippen molar-refractivity contribution in [3.63, 3.8) is 0 Å². The van der Waals surface area contributed by atoms with Gasteiger partial charge in [-0.15, -0.1) is 11.3 Å². The number of thiazole rings is 1. The Bertz CT molecular complexity index is 1530. The number of aliphatic hydroxyl groups is 1. The van der Waals surface area contributed by atoms with Crippen molar-refractivity contribution in [2.24, 2.45) is 5.73 Å². The van der Waals surface area contributed by atoms with E-state index in [2.05, 4.69) is 20.1 Å². The second-order valence-electron chi connectivity index (χ2n) is 7.93. The molecule has 11 heteroatoms. The molecule has 0 radical (unpaired) electrons. The molecule has 4 heterocycles. The molecule has 0 aliphatic rings. The SMILES string of the molecule is CC(N)c1cccc(-c2cc(-c3csc(C(F)(F)F)n3)c3cnn(-c4cccc(CO)n4)c3c2)n1. The van der Waals surface area contributed by atoms with Gasteiger partial charge >= 0.3 is 6.18 Å². The molecule has 0 bridgehead atoms. The standard InChI is InChI=1S/C24H19F3N6OS/c1-13(28)18-5-3-6-19(31-18)14-8-16(20-12-35-23(32-20)24(25,26)27)17-10-29-33(21(17)9-14)22-7-2-4-15(11-34)30-22/h2-10,12-13,34H,11,28H2,1H3. The van der Waals surface area contributed by atoms with E-state index in [0.717, 1.165) is 0 Å². The molecule has 1 unspecified atom stereocenters. The van der Waals surface area contributed by atoms with Gasteiger partial charge in [0.1, 0.15) is 0 Å². The van der Waals surface area contributed by atoms with E-state index in [1.807, 2.05) is 31.2 Å². The summed E-state index contributed by atoms with van der Waals surface area (Å²) in [5, 5.41) is 15.0. The normalized spacial score (nSPS) is 12.9. The lowest BCUT2D eigenvalue weighted by Gasteiger charge is -2.11. The molecule has 0 spiro atoms. The highest BCUT2D eigenvalue weighted by Gasteiger charge is 2.35. The quantitative estimate of drug-likeness (QED) is 0.349. The summed E-state index contributed by atoms with van der Waals surface area (Å²) in [6, 6.07) is 13.9. The fraction of sp³-hybridized carbons (Fsp3) is 0.167. The van der Waals surface area contributed by atoms with Gasteiger partial charge in [0, 0.05) is 27.9 Å². The molecule has 1 atom stereocenters. The lowest BCUT2D eigenvalue weighted by atomic mass is 10.0. The Labute approximate surface area is 201 Å². The molecule has 4 aromatic heterocycles. The van der Waals surface area contributed by atoms with E-state index in [-0.39, 0.29) is 18.3 Å². The van der Waals surface area contributed by atoms with E-state index in [9.17, 15) is 18.3 Å². The molecule has 0 aliphatic carbocycles. The van der Waals surface area contributed by atoms with Gasteiger partial charge < -0.3 is 10.8 Å². The monoisotopic (exact) mass is 496 g/mol. The molecule has 5 aromatic rings. The van der Waals surface area contributed by atoms with E-state index < -0.39 is 11.2 Å². The summed E-state index contributed by atoms with van der Waals surface area (Å²) in [4.78, 5) is 12.9. The average molecular weight is 497 g/mol. The Kier molecular flexibility index (Phi) is 5.83. The van der Waals surface area contributed by atoms with Crippen LogP contribution >= 0.6 is 11.3 Å². The summed E-state index contributed by atoms with van der Waals surface area (Å²) in [5.41, 5.74) is 9.71. The number of hydrogen-bond acceptors (Lipinski definition) is 7. The summed E-state index contributed by atoms with van der Waals surface area (Å²) in [6.07, 6.45) is -2.97. The maximum Gasteiger partial charge on any atom is 0.443 e. The van der Waals surface area contributed by atoms with Crippen LogP contribution in [-0.2, 0) is 12.8 Å². The van der Waals surface area contributed by atoms with Crippen LogP contribution in [-0.4, -0.2) is 29.8 Å². The van der Waals surface area contributed by atoms with Crippen molar-refractivity contribution in [3.05, 3.63) is 76.5 Å². The third kappa shape index (κ3) is 4.41. The first-order valence-electron chi connectivity index (χ1n) is 10.6. The van der Waals surface area contributed by atoms with Gasteiger partial charge in [-0.3, -0.25) is 4.98 Å². The maximum atomic E-state index is 13.3. The highest BCUT2D eigenvalue weighted by atomic mass is 32.1. The number of aliphatic hydroxyl groups excluding tert-OH is 1. The number of hydrogen-bond donors (Lipinski definition) is 2. The number of pyridine rings is 2. The van der Waals surface area contributed by atoms with Crippen LogP contribution in [0.3, 0.4) is 0 Å². The highest BCUT2D eigenvalue weighted by molar-refractivity contribution is 7.10. The Hall–Kier alpha value is -3.67. The summed E-state index contributed by atoms with van der Waals surface area (Å²) in [5.74, 6) is 0.459. The molecule has 1 aromatic carbocycles. The first-order valence-corrected chi connectivity index (χ1v) is 11.5. The zero-order valence-corrected chi connectivity index (χ0v) is 19.2. The minimum Gasteiger partial charge on any atom is -0.390 e. The number of aromatic nitrogens is 5. The highest BCUT2D eigenvalue weighted by Crippen LogP contribution is 2.38. The fourth-order valence-electron chi connectivity index (χ4n) is 3.74. The zero-order chi connectivity index (χ0) is 24.7. The number of benzene rings is 1. The number of nitrogens with two attached hydrogens (primary N) is 1. The van der Waals surface area contributed by atoms with Crippen LogP contribution in [0.15, 0.2) is 60.1 Å². The Morgan fingerprint density at radius 1 is 1.06 bits per heavy atom. The van der Waals surface area contributed by atoms with Gasteiger partial charge in [0.25, 0.3) is 0 Å². The molecule has 7 nitrogen and oxygen atoms in total. The van der Waals surface area contributed by atoms with Gasteiger partial charge in [0.2, 0.25) is 0 Å². The summed E-state index contributed by atoms with van der Waals surface area (Å²) < 4.78 is 41.4. The van der Waals surface area contributed by atoms with Crippen molar-refractivity contribution in [1.29, 1.82) is 0 Å². The van der Waals surface area contributed by atoms with Gasteiger partial charge in [-0.1, -0.05) is 12.1 Å². The molecular weight excluding hydrogens is 477 g/mol. The maximum absolute atomic E-state index is 13.3. The van der Waals surface area contributed by atoms with Crippen molar-refractivity contribution in [2.45, 2.75) is 25.7 Å². The van der Waals surface area contributed by atoms with Crippen molar-refractivity contribution < 1.29 is 18.3 Å². The number of fused-ring (bicyclic) bond motifs is 1. The van der Waals surface area contributed by atoms with Gasteiger partial charge in [0.05, 0.1) is 41.1 Å². The minimum atomic E-state index is -4.54. The molecular formula is C24H19F3N6OS. The molecule has 0 saturated carbocycles. The van der Waals surface area contributed by atoms with Crippen LogP contribution in [0.4, 0.5) is 13.2 Å². The fourth-order valence-corrected chi connectivity index (χ4v) is 4.42. The van der Waals surface area contributed by atoms with Crippen molar-refractivity contribution in [3.8, 4) is 28.3 Å². The predicted octanol–water partition coefficient (Wildman–Crippen LogP) is 5.14. The van der Waals surface area contributed by atoms with Crippen LogP contribution in [0, 0.1) is 0 Å².